The molecule has 0 bridgehead atoms. The van der Waals surface area contributed by atoms with E-state index in [1.54, 1.807) is 13.2 Å². The molecule has 1 N–H and O–H groups in total. The molecule has 102 valence electrons. The van der Waals surface area contributed by atoms with Gasteiger partial charge in [-0.15, -0.1) is 0 Å². The van der Waals surface area contributed by atoms with Crippen LogP contribution in [-0.4, -0.2) is 25.2 Å². The molecule has 0 spiro atoms. The molecule has 4 nitrogen and oxygen atoms in total. The van der Waals surface area contributed by atoms with Gasteiger partial charge in [0.15, 0.2) is 0 Å². The Hall–Kier alpha value is -2.38. The van der Waals surface area contributed by atoms with Gasteiger partial charge in [-0.2, -0.15) is 5.26 Å². The molecule has 1 aromatic heterocycles. The molecule has 0 aliphatic heterocycles. The fraction of sp³-hybridized carbons (Fsp3) is 0.250. The second kappa shape index (κ2) is 7.27. The van der Waals surface area contributed by atoms with Crippen molar-refractivity contribution >= 4 is 5.82 Å². The molecule has 1 aromatic carbocycles. The summed E-state index contributed by atoms with van der Waals surface area (Å²) in [6.45, 7) is 1.42. The normalized spacial score (nSPS) is 10.0. The first-order chi connectivity index (χ1) is 9.85. The first-order valence-electron chi connectivity index (χ1n) is 6.54. The second-order valence-corrected chi connectivity index (χ2v) is 4.34. The average molecular weight is 267 g/mol. The minimum absolute atomic E-state index is 0.557. The Balaban J connectivity index is 2.19. The number of aromatic nitrogens is 1. The number of pyridine rings is 1. The quantitative estimate of drug-likeness (QED) is 0.817. The molecule has 1 heterocycles. The van der Waals surface area contributed by atoms with Crippen molar-refractivity contribution in [1.29, 1.82) is 5.26 Å². The van der Waals surface area contributed by atoms with Crippen molar-refractivity contribution in [2.45, 2.75) is 6.42 Å². The maximum Gasteiger partial charge on any atom is 0.144 e. The predicted octanol–water partition coefficient (Wildman–Crippen LogP) is 3.07. The number of hydrogen-bond donors (Lipinski definition) is 1. The predicted molar refractivity (Wildman–Crippen MR) is 79.4 cm³/mol. The van der Waals surface area contributed by atoms with Crippen LogP contribution < -0.4 is 5.32 Å². The van der Waals surface area contributed by atoms with E-state index in [2.05, 4.69) is 16.4 Å². The second-order valence-electron chi connectivity index (χ2n) is 4.34. The summed E-state index contributed by atoms with van der Waals surface area (Å²) in [5.74, 6) is 0.630. The van der Waals surface area contributed by atoms with Gasteiger partial charge >= 0.3 is 0 Å². The molecule has 0 radical (unpaired) electrons. The highest BCUT2D eigenvalue weighted by molar-refractivity contribution is 5.64. The Morgan fingerprint density at radius 2 is 2.00 bits per heavy atom. The summed E-state index contributed by atoms with van der Waals surface area (Å²) in [4.78, 5) is 4.54. The molecule has 0 aliphatic rings. The van der Waals surface area contributed by atoms with Crippen molar-refractivity contribution in [2.75, 3.05) is 25.6 Å². The molecule has 0 amide bonds. The van der Waals surface area contributed by atoms with Crippen molar-refractivity contribution in [3.8, 4) is 17.3 Å². The van der Waals surface area contributed by atoms with Crippen molar-refractivity contribution in [3.63, 3.8) is 0 Å². The van der Waals surface area contributed by atoms with Crippen LogP contribution in [0.5, 0.6) is 0 Å². The highest BCUT2D eigenvalue weighted by Gasteiger charge is 2.06. The smallest absolute Gasteiger partial charge is 0.144 e. The summed E-state index contributed by atoms with van der Waals surface area (Å²) < 4.78 is 5.00. The van der Waals surface area contributed by atoms with Gasteiger partial charge in [-0.1, -0.05) is 30.3 Å². The highest BCUT2D eigenvalue weighted by atomic mass is 16.5. The molecule has 2 aromatic rings. The Morgan fingerprint density at radius 3 is 2.70 bits per heavy atom. The van der Waals surface area contributed by atoms with Crippen LogP contribution in [-0.2, 0) is 4.74 Å². The van der Waals surface area contributed by atoms with E-state index in [0.717, 1.165) is 24.2 Å². The van der Waals surface area contributed by atoms with Crippen LogP contribution in [0.4, 0.5) is 5.82 Å². The van der Waals surface area contributed by atoms with Crippen molar-refractivity contribution in [1.82, 2.24) is 4.98 Å². The zero-order valence-corrected chi connectivity index (χ0v) is 11.5. The van der Waals surface area contributed by atoms with Gasteiger partial charge in [0.2, 0.25) is 0 Å². The Labute approximate surface area is 119 Å². The topological polar surface area (TPSA) is 57.9 Å². The average Bonchev–Trinajstić information content (AvgIpc) is 2.52. The summed E-state index contributed by atoms with van der Waals surface area (Å²) in [6, 6.07) is 15.7. The molecule has 0 saturated heterocycles. The number of nitrogens with one attached hydrogen (secondary N) is 1. The van der Waals surface area contributed by atoms with Crippen LogP contribution in [0.25, 0.3) is 11.3 Å². The third-order valence-electron chi connectivity index (χ3n) is 2.90. The first kappa shape index (κ1) is 14.0. The van der Waals surface area contributed by atoms with E-state index in [1.165, 1.54) is 0 Å². The van der Waals surface area contributed by atoms with E-state index in [4.69, 9.17) is 10.00 Å². The van der Waals surface area contributed by atoms with E-state index in [1.807, 2.05) is 36.4 Å². The lowest BCUT2D eigenvalue weighted by molar-refractivity contribution is 0.198. The Morgan fingerprint density at radius 1 is 1.20 bits per heavy atom. The van der Waals surface area contributed by atoms with Gasteiger partial charge in [-0.05, 0) is 18.6 Å². The molecule has 0 atom stereocenters. The molecular formula is C16H17N3O. The summed E-state index contributed by atoms with van der Waals surface area (Å²) in [5.41, 5.74) is 2.46. The molecular weight excluding hydrogens is 250 g/mol. The fourth-order valence-corrected chi connectivity index (χ4v) is 1.88. The fourth-order valence-electron chi connectivity index (χ4n) is 1.88. The summed E-state index contributed by atoms with van der Waals surface area (Å²) in [5, 5.41) is 12.3. The molecule has 0 saturated carbocycles. The molecule has 2 rings (SSSR count). The molecule has 0 unspecified atom stereocenters. The Kier molecular flexibility index (Phi) is 5.10. The van der Waals surface area contributed by atoms with E-state index >= 15 is 0 Å². The SMILES string of the molecule is COCCCNc1nc(-c2ccccc2)ccc1C#N. The van der Waals surface area contributed by atoms with Crippen LogP contribution in [0.2, 0.25) is 0 Å². The largest absolute Gasteiger partial charge is 0.385 e. The monoisotopic (exact) mass is 267 g/mol. The van der Waals surface area contributed by atoms with Gasteiger partial charge in [0.05, 0.1) is 11.3 Å². The number of nitrogens with zero attached hydrogens (tertiary/aromatic N) is 2. The first-order valence-corrected chi connectivity index (χ1v) is 6.54. The molecule has 20 heavy (non-hydrogen) atoms. The zero-order chi connectivity index (χ0) is 14.2. The maximum absolute atomic E-state index is 9.13. The lowest BCUT2D eigenvalue weighted by Gasteiger charge is -2.09. The minimum atomic E-state index is 0.557. The third-order valence-corrected chi connectivity index (χ3v) is 2.90. The molecule has 4 heteroatoms. The van der Waals surface area contributed by atoms with Crippen LogP contribution in [0.15, 0.2) is 42.5 Å². The van der Waals surface area contributed by atoms with Crippen LogP contribution in [0, 0.1) is 11.3 Å². The molecule has 0 aliphatic carbocycles. The Bertz CT molecular complexity index is 590. The standard InChI is InChI=1S/C16H17N3O/c1-20-11-5-10-18-16-14(12-17)8-9-15(19-16)13-6-3-2-4-7-13/h2-4,6-9H,5,10-11H2,1H3,(H,18,19). The third kappa shape index (κ3) is 3.56. The number of hydrogen-bond acceptors (Lipinski definition) is 4. The lowest BCUT2D eigenvalue weighted by atomic mass is 10.1. The van der Waals surface area contributed by atoms with Gasteiger partial charge in [0, 0.05) is 25.8 Å². The minimum Gasteiger partial charge on any atom is -0.385 e. The van der Waals surface area contributed by atoms with Gasteiger partial charge in [0.25, 0.3) is 0 Å². The van der Waals surface area contributed by atoms with Gasteiger partial charge in [-0.3, -0.25) is 0 Å². The van der Waals surface area contributed by atoms with E-state index in [-0.39, 0.29) is 0 Å². The molecule has 0 fully saturated rings. The number of benzene rings is 1. The number of methoxy groups -OCH3 is 1. The number of ether oxygens (including phenoxy) is 1. The van der Waals surface area contributed by atoms with Crippen molar-refractivity contribution < 1.29 is 4.74 Å². The van der Waals surface area contributed by atoms with Gasteiger partial charge in [-0.25, -0.2) is 4.98 Å². The number of nitriles is 1. The van der Waals surface area contributed by atoms with Crippen LogP contribution in [0.1, 0.15) is 12.0 Å². The summed E-state index contributed by atoms with van der Waals surface area (Å²) in [7, 11) is 1.68. The number of anilines is 1. The number of rotatable bonds is 6. The van der Waals surface area contributed by atoms with Gasteiger partial charge in [0.1, 0.15) is 11.9 Å². The van der Waals surface area contributed by atoms with E-state index in [0.29, 0.717) is 18.0 Å². The highest BCUT2D eigenvalue weighted by Crippen LogP contribution is 2.21. The summed E-state index contributed by atoms with van der Waals surface area (Å²) in [6.07, 6.45) is 0.874. The lowest BCUT2D eigenvalue weighted by Crippen LogP contribution is -2.08. The van der Waals surface area contributed by atoms with E-state index < -0.39 is 0 Å². The van der Waals surface area contributed by atoms with E-state index in [9.17, 15) is 0 Å². The summed E-state index contributed by atoms with van der Waals surface area (Å²) >= 11 is 0. The van der Waals surface area contributed by atoms with Crippen LogP contribution >= 0.6 is 0 Å². The van der Waals surface area contributed by atoms with Crippen molar-refractivity contribution in [2.24, 2.45) is 0 Å². The van der Waals surface area contributed by atoms with Crippen molar-refractivity contribution in [3.05, 3.63) is 48.0 Å². The van der Waals surface area contributed by atoms with Gasteiger partial charge < -0.3 is 10.1 Å². The zero-order valence-electron chi connectivity index (χ0n) is 11.5. The maximum atomic E-state index is 9.13. The van der Waals surface area contributed by atoms with Crippen LogP contribution in [0.3, 0.4) is 0 Å².